The number of nitrogens with zero attached hydrogens (tertiary/aromatic N) is 2. The van der Waals surface area contributed by atoms with Gasteiger partial charge < -0.3 is 9.42 Å². The van der Waals surface area contributed by atoms with Crippen molar-refractivity contribution in [3.8, 4) is 0 Å². The van der Waals surface area contributed by atoms with Crippen molar-refractivity contribution in [3.63, 3.8) is 0 Å². The molecule has 2 aromatic rings. The Balaban J connectivity index is 1.90. The molecule has 1 heterocycles. The maximum atomic E-state index is 12.6. The Bertz CT molecular complexity index is 619. The van der Waals surface area contributed by atoms with Gasteiger partial charge in [0.05, 0.1) is 0 Å². The van der Waals surface area contributed by atoms with Gasteiger partial charge in [0.25, 0.3) is 5.91 Å². The summed E-state index contributed by atoms with van der Waals surface area (Å²) < 4.78 is 5.35. The fourth-order valence-corrected chi connectivity index (χ4v) is 2.67. The largest absolute Gasteiger partial charge is 0.360 e. The number of benzene rings is 1. The molecule has 104 valence electrons. The van der Waals surface area contributed by atoms with Crippen LogP contribution < -0.4 is 4.90 Å². The minimum Gasteiger partial charge on any atom is -0.360 e. The highest BCUT2D eigenvalue weighted by molar-refractivity contribution is 6.05. The van der Waals surface area contributed by atoms with Crippen LogP contribution >= 0.6 is 0 Å². The van der Waals surface area contributed by atoms with Crippen molar-refractivity contribution < 1.29 is 9.32 Å². The first-order valence-electron chi connectivity index (χ1n) is 6.97. The predicted molar refractivity (Wildman–Crippen MR) is 76.9 cm³/mol. The topological polar surface area (TPSA) is 46.3 Å². The fraction of sp³-hybridized carbons (Fsp3) is 0.375. The number of rotatable bonds is 2. The summed E-state index contributed by atoms with van der Waals surface area (Å²) in [6.07, 6.45) is 2.86. The molecule has 20 heavy (non-hydrogen) atoms. The van der Waals surface area contributed by atoms with Gasteiger partial charge in [0.1, 0.15) is 5.76 Å². The number of hydrogen-bond donors (Lipinski definition) is 0. The lowest BCUT2D eigenvalue weighted by Gasteiger charge is -2.19. The first-order chi connectivity index (χ1) is 9.66. The van der Waals surface area contributed by atoms with Crippen molar-refractivity contribution in [3.05, 3.63) is 47.3 Å². The first kappa shape index (κ1) is 12.9. The van der Waals surface area contributed by atoms with E-state index < -0.39 is 0 Å². The quantitative estimate of drug-likeness (QED) is 0.842. The zero-order valence-corrected chi connectivity index (χ0v) is 11.8. The second-order valence-corrected chi connectivity index (χ2v) is 5.48. The molecule has 1 atom stereocenters. The minimum absolute atomic E-state index is 0.102. The van der Waals surface area contributed by atoms with Crippen LogP contribution in [0.25, 0.3) is 0 Å². The van der Waals surface area contributed by atoms with Gasteiger partial charge in [0.15, 0.2) is 5.69 Å². The van der Waals surface area contributed by atoms with Crippen LogP contribution in [-0.2, 0) is 12.8 Å². The van der Waals surface area contributed by atoms with E-state index in [0.717, 1.165) is 36.3 Å². The molecule has 0 aliphatic heterocycles. The van der Waals surface area contributed by atoms with Crippen LogP contribution in [-0.4, -0.2) is 18.1 Å². The molecule has 1 aliphatic rings. The molecular formula is C16H18N2O2. The normalized spacial score (nSPS) is 17.6. The lowest BCUT2D eigenvalue weighted by atomic mass is 9.88. The second-order valence-electron chi connectivity index (χ2n) is 5.48. The van der Waals surface area contributed by atoms with Crippen LogP contribution in [0.2, 0.25) is 0 Å². The van der Waals surface area contributed by atoms with E-state index in [4.69, 9.17) is 4.52 Å². The summed E-state index contributed by atoms with van der Waals surface area (Å²) in [6.45, 7) is 2.20. The van der Waals surface area contributed by atoms with E-state index >= 15 is 0 Å². The highest BCUT2D eigenvalue weighted by Crippen LogP contribution is 2.29. The molecule has 0 unspecified atom stereocenters. The molecule has 1 aromatic heterocycles. The Morgan fingerprint density at radius 3 is 2.85 bits per heavy atom. The zero-order valence-electron chi connectivity index (χ0n) is 11.8. The van der Waals surface area contributed by atoms with E-state index in [-0.39, 0.29) is 5.91 Å². The number of fused-ring (bicyclic) bond motifs is 1. The number of carbonyl (C=O) groups is 1. The average Bonchev–Trinajstić information content (AvgIpc) is 2.89. The van der Waals surface area contributed by atoms with Gasteiger partial charge in [-0.15, -0.1) is 0 Å². The lowest BCUT2D eigenvalue weighted by molar-refractivity contribution is 0.0983. The van der Waals surface area contributed by atoms with Gasteiger partial charge in [-0.1, -0.05) is 30.3 Å². The summed E-state index contributed by atoms with van der Waals surface area (Å²) in [5, 5.41) is 4.01. The average molecular weight is 270 g/mol. The molecule has 1 aliphatic carbocycles. The Morgan fingerprint density at radius 1 is 1.35 bits per heavy atom. The van der Waals surface area contributed by atoms with Crippen molar-refractivity contribution in [1.29, 1.82) is 0 Å². The number of anilines is 1. The summed E-state index contributed by atoms with van der Waals surface area (Å²) in [7, 11) is 1.77. The summed E-state index contributed by atoms with van der Waals surface area (Å²) in [6, 6.07) is 9.58. The monoisotopic (exact) mass is 270 g/mol. The van der Waals surface area contributed by atoms with Crippen LogP contribution in [0, 0.1) is 5.92 Å². The molecule has 0 bridgehead atoms. The smallest absolute Gasteiger partial charge is 0.280 e. The van der Waals surface area contributed by atoms with E-state index in [1.54, 1.807) is 11.9 Å². The van der Waals surface area contributed by atoms with Gasteiger partial charge in [-0.3, -0.25) is 4.79 Å². The summed E-state index contributed by atoms with van der Waals surface area (Å²) in [4.78, 5) is 14.2. The first-order valence-corrected chi connectivity index (χ1v) is 6.97. The SMILES string of the molecule is C[C@@H]1CCc2onc(C(=O)N(C)c3ccccc3)c2C1. The summed E-state index contributed by atoms with van der Waals surface area (Å²) in [5.74, 6) is 1.36. The maximum absolute atomic E-state index is 12.6. The van der Waals surface area contributed by atoms with Crippen LogP contribution in [0.3, 0.4) is 0 Å². The number of aromatic nitrogens is 1. The van der Waals surface area contributed by atoms with E-state index in [1.807, 2.05) is 30.3 Å². The Morgan fingerprint density at radius 2 is 2.10 bits per heavy atom. The molecular weight excluding hydrogens is 252 g/mol. The van der Waals surface area contributed by atoms with Crippen LogP contribution in [0.4, 0.5) is 5.69 Å². The van der Waals surface area contributed by atoms with Crippen molar-refractivity contribution in [1.82, 2.24) is 5.16 Å². The molecule has 0 spiro atoms. The second kappa shape index (κ2) is 5.12. The van der Waals surface area contributed by atoms with Gasteiger partial charge >= 0.3 is 0 Å². The molecule has 4 heteroatoms. The third-order valence-electron chi connectivity index (χ3n) is 3.94. The highest BCUT2D eigenvalue weighted by Gasteiger charge is 2.28. The number of carbonyl (C=O) groups excluding carboxylic acids is 1. The summed E-state index contributed by atoms with van der Waals surface area (Å²) >= 11 is 0. The fourth-order valence-electron chi connectivity index (χ4n) is 2.67. The third-order valence-corrected chi connectivity index (χ3v) is 3.94. The third kappa shape index (κ3) is 2.22. The number of para-hydroxylation sites is 1. The van der Waals surface area contributed by atoms with Crippen molar-refractivity contribution >= 4 is 11.6 Å². The molecule has 0 radical (unpaired) electrons. The molecule has 0 saturated carbocycles. The Labute approximate surface area is 118 Å². The van der Waals surface area contributed by atoms with Crippen molar-refractivity contribution in [2.24, 2.45) is 5.92 Å². The van der Waals surface area contributed by atoms with E-state index in [2.05, 4.69) is 12.1 Å². The van der Waals surface area contributed by atoms with E-state index in [0.29, 0.717) is 11.6 Å². The van der Waals surface area contributed by atoms with Gasteiger partial charge in [0.2, 0.25) is 0 Å². The van der Waals surface area contributed by atoms with Gasteiger partial charge in [0, 0.05) is 24.7 Å². The molecule has 1 amide bonds. The number of aryl methyl sites for hydroxylation is 1. The van der Waals surface area contributed by atoms with Crippen molar-refractivity contribution in [2.75, 3.05) is 11.9 Å². The Kier molecular flexibility index (Phi) is 3.30. The lowest BCUT2D eigenvalue weighted by Crippen LogP contribution is -2.28. The minimum atomic E-state index is -0.102. The molecule has 1 aromatic carbocycles. The molecule has 3 rings (SSSR count). The standard InChI is InChI=1S/C16H18N2O2/c1-11-8-9-14-13(10-11)15(17-20-14)16(19)18(2)12-6-4-3-5-7-12/h3-7,11H,8-10H2,1-2H3/t11-/m1/s1. The number of amides is 1. The molecule has 0 N–H and O–H groups in total. The van der Waals surface area contributed by atoms with Gasteiger partial charge in [-0.05, 0) is 30.9 Å². The van der Waals surface area contributed by atoms with Gasteiger partial charge in [-0.2, -0.15) is 0 Å². The van der Waals surface area contributed by atoms with Crippen LogP contribution in [0.1, 0.15) is 35.2 Å². The predicted octanol–water partition coefficient (Wildman–Crippen LogP) is 3.08. The van der Waals surface area contributed by atoms with E-state index in [1.165, 1.54) is 0 Å². The highest BCUT2D eigenvalue weighted by atomic mass is 16.5. The van der Waals surface area contributed by atoms with Crippen molar-refractivity contribution in [2.45, 2.75) is 26.2 Å². The maximum Gasteiger partial charge on any atom is 0.280 e. The van der Waals surface area contributed by atoms with Crippen LogP contribution in [0.15, 0.2) is 34.9 Å². The summed E-state index contributed by atoms with van der Waals surface area (Å²) in [5.41, 5.74) is 2.33. The Hall–Kier alpha value is -2.10. The molecule has 4 nitrogen and oxygen atoms in total. The van der Waals surface area contributed by atoms with Gasteiger partial charge in [-0.25, -0.2) is 0 Å². The van der Waals surface area contributed by atoms with Crippen LogP contribution in [0.5, 0.6) is 0 Å². The molecule has 0 fully saturated rings. The molecule has 0 saturated heterocycles. The number of hydrogen-bond acceptors (Lipinski definition) is 3. The van der Waals surface area contributed by atoms with E-state index in [9.17, 15) is 4.79 Å². The zero-order chi connectivity index (χ0) is 14.1.